The number of aromatic nitrogens is 2. The molecule has 1 aliphatic rings. The van der Waals surface area contributed by atoms with Gasteiger partial charge in [-0.2, -0.15) is 4.98 Å². The van der Waals surface area contributed by atoms with E-state index in [1.165, 1.54) is 23.1 Å². The van der Waals surface area contributed by atoms with Gasteiger partial charge in [-0.05, 0) is 43.2 Å². The van der Waals surface area contributed by atoms with Crippen LogP contribution in [0.15, 0.2) is 40.9 Å². The molecule has 4 rings (SSSR count). The molecule has 0 radical (unpaired) electrons. The van der Waals surface area contributed by atoms with Crippen LogP contribution in [0.1, 0.15) is 30.7 Å². The smallest absolute Gasteiger partial charge is 0.227 e. The third-order valence-corrected chi connectivity index (χ3v) is 5.06. The maximum Gasteiger partial charge on any atom is 0.227 e. The van der Waals surface area contributed by atoms with E-state index in [-0.39, 0.29) is 47.9 Å². The minimum absolute atomic E-state index is 0.0396. The summed E-state index contributed by atoms with van der Waals surface area (Å²) in [6, 6.07) is 8.86. The molecule has 0 saturated carbocycles. The number of amides is 2. The first kappa shape index (κ1) is 20.6. The van der Waals surface area contributed by atoms with Crippen LogP contribution in [0.3, 0.4) is 0 Å². The number of anilines is 2. The van der Waals surface area contributed by atoms with Crippen molar-refractivity contribution in [3.63, 3.8) is 0 Å². The molecule has 1 N–H and O–H groups in total. The number of halogens is 2. The number of hydrogen-bond donors (Lipinski definition) is 1. The van der Waals surface area contributed by atoms with Gasteiger partial charge >= 0.3 is 0 Å². The predicted octanol–water partition coefficient (Wildman–Crippen LogP) is 4.02. The number of nitrogens with zero attached hydrogens (tertiary/aromatic N) is 3. The molecule has 0 bridgehead atoms. The van der Waals surface area contributed by atoms with Crippen molar-refractivity contribution in [1.29, 1.82) is 0 Å². The molecule has 9 heteroatoms. The maximum absolute atomic E-state index is 14.4. The van der Waals surface area contributed by atoms with Crippen LogP contribution >= 0.6 is 0 Å². The van der Waals surface area contributed by atoms with Crippen molar-refractivity contribution in [2.24, 2.45) is 0 Å². The Labute approximate surface area is 177 Å². The van der Waals surface area contributed by atoms with Crippen molar-refractivity contribution in [3.8, 4) is 11.4 Å². The number of nitrogens with one attached hydrogen (secondary N) is 1. The normalized spacial score (nSPS) is 13.6. The minimum Gasteiger partial charge on any atom is -0.339 e. The molecule has 2 aromatic carbocycles. The van der Waals surface area contributed by atoms with Gasteiger partial charge in [0.2, 0.25) is 23.5 Å². The fraction of sp³-hybridized carbons (Fsp3) is 0.273. The third kappa shape index (κ3) is 4.60. The highest BCUT2D eigenvalue weighted by molar-refractivity contribution is 5.96. The van der Waals surface area contributed by atoms with Crippen LogP contribution in [0, 0.1) is 18.6 Å². The Morgan fingerprint density at radius 2 is 2.03 bits per heavy atom. The quantitative estimate of drug-likeness (QED) is 0.643. The van der Waals surface area contributed by atoms with Gasteiger partial charge in [0.05, 0.1) is 5.69 Å². The van der Waals surface area contributed by atoms with E-state index in [1.54, 1.807) is 25.1 Å². The molecule has 1 aromatic heterocycles. The van der Waals surface area contributed by atoms with E-state index in [0.29, 0.717) is 36.2 Å². The fourth-order valence-corrected chi connectivity index (χ4v) is 3.36. The number of rotatable bonds is 6. The predicted molar refractivity (Wildman–Crippen MR) is 109 cm³/mol. The van der Waals surface area contributed by atoms with Crippen LogP contribution in [0.4, 0.5) is 20.2 Å². The number of carbonyl (C=O) groups excluding carboxylic acids is 2. The Morgan fingerprint density at radius 1 is 1.19 bits per heavy atom. The van der Waals surface area contributed by atoms with Crippen LogP contribution in [0.2, 0.25) is 0 Å². The van der Waals surface area contributed by atoms with Gasteiger partial charge < -0.3 is 14.7 Å². The van der Waals surface area contributed by atoms with E-state index in [2.05, 4.69) is 15.5 Å². The second-order valence-corrected chi connectivity index (χ2v) is 7.34. The summed E-state index contributed by atoms with van der Waals surface area (Å²) in [5.74, 6) is -0.923. The Balaban J connectivity index is 1.34. The summed E-state index contributed by atoms with van der Waals surface area (Å²) in [4.78, 5) is 29.6. The van der Waals surface area contributed by atoms with Crippen LogP contribution < -0.4 is 10.2 Å². The molecular weight excluding hydrogens is 406 g/mol. The molecule has 3 aromatic rings. The first-order chi connectivity index (χ1) is 14.9. The zero-order valence-electron chi connectivity index (χ0n) is 16.8. The molecule has 1 aliphatic heterocycles. The van der Waals surface area contributed by atoms with Gasteiger partial charge in [-0.3, -0.25) is 9.59 Å². The van der Waals surface area contributed by atoms with Crippen molar-refractivity contribution in [1.82, 2.24) is 10.1 Å². The first-order valence-electron chi connectivity index (χ1n) is 9.89. The summed E-state index contributed by atoms with van der Waals surface area (Å²) in [6.45, 7) is 2.15. The van der Waals surface area contributed by atoms with E-state index < -0.39 is 5.82 Å². The van der Waals surface area contributed by atoms with Crippen LogP contribution in [-0.2, 0) is 16.0 Å². The van der Waals surface area contributed by atoms with Crippen LogP contribution in [0.5, 0.6) is 0 Å². The fourth-order valence-electron chi connectivity index (χ4n) is 3.36. The average molecular weight is 426 g/mol. The van der Waals surface area contributed by atoms with Gasteiger partial charge in [0.25, 0.3) is 0 Å². The lowest BCUT2D eigenvalue weighted by Gasteiger charge is -2.17. The lowest BCUT2D eigenvalue weighted by Crippen LogP contribution is -2.24. The molecule has 1 fully saturated rings. The Morgan fingerprint density at radius 3 is 2.74 bits per heavy atom. The van der Waals surface area contributed by atoms with E-state index in [1.807, 2.05) is 0 Å². The highest BCUT2D eigenvalue weighted by Gasteiger charge is 2.24. The zero-order valence-corrected chi connectivity index (χ0v) is 16.8. The monoisotopic (exact) mass is 426 g/mol. The van der Waals surface area contributed by atoms with E-state index in [9.17, 15) is 18.4 Å². The van der Waals surface area contributed by atoms with Gasteiger partial charge in [-0.15, -0.1) is 0 Å². The third-order valence-electron chi connectivity index (χ3n) is 5.06. The maximum atomic E-state index is 14.4. The molecule has 160 valence electrons. The lowest BCUT2D eigenvalue weighted by atomic mass is 10.1. The summed E-state index contributed by atoms with van der Waals surface area (Å²) in [5, 5.41) is 6.43. The Hall–Kier alpha value is -3.62. The summed E-state index contributed by atoms with van der Waals surface area (Å²) < 4.78 is 33.2. The van der Waals surface area contributed by atoms with Gasteiger partial charge in [0, 0.05) is 37.1 Å². The SMILES string of the molecule is Cc1ccc(-c2noc(CCC(=O)Nc3ccc(N4CCCC4=O)c(F)c3)n2)cc1F. The van der Waals surface area contributed by atoms with Gasteiger partial charge in [0.1, 0.15) is 11.6 Å². The van der Waals surface area contributed by atoms with Gasteiger partial charge in [-0.1, -0.05) is 17.3 Å². The highest BCUT2D eigenvalue weighted by atomic mass is 19.1. The topological polar surface area (TPSA) is 88.3 Å². The number of hydrogen-bond acceptors (Lipinski definition) is 5. The number of benzene rings is 2. The second kappa shape index (κ2) is 8.63. The zero-order chi connectivity index (χ0) is 22.0. The number of carbonyl (C=O) groups is 2. The van der Waals surface area contributed by atoms with Crippen molar-refractivity contribution < 1.29 is 22.9 Å². The van der Waals surface area contributed by atoms with Gasteiger partial charge in [0.15, 0.2) is 0 Å². The molecule has 0 spiro atoms. The first-order valence-corrected chi connectivity index (χ1v) is 9.89. The molecular formula is C22H20F2N4O3. The molecule has 7 nitrogen and oxygen atoms in total. The van der Waals surface area contributed by atoms with Gasteiger partial charge in [-0.25, -0.2) is 8.78 Å². The lowest BCUT2D eigenvalue weighted by molar-refractivity contribution is -0.117. The molecule has 0 unspecified atom stereocenters. The molecule has 0 aliphatic carbocycles. The van der Waals surface area contributed by atoms with Crippen LogP contribution in [-0.4, -0.2) is 28.5 Å². The van der Waals surface area contributed by atoms with E-state index in [4.69, 9.17) is 4.52 Å². The molecule has 2 amide bonds. The second-order valence-electron chi connectivity index (χ2n) is 7.34. The molecule has 2 heterocycles. The summed E-state index contributed by atoms with van der Waals surface area (Å²) >= 11 is 0. The Bertz CT molecular complexity index is 1150. The summed E-state index contributed by atoms with van der Waals surface area (Å²) in [7, 11) is 0. The molecule has 1 saturated heterocycles. The van der Waals surface area contributed by atoms with Crippen LogP contribution in [0.25, 0.3) is 11.4 Å². The van der Waals surface area contributed by atoms with Crippen molar-refractivity contribution in [2.45, 2.75) is 32.6 Å². The highest BCUT2D eigenvalue weighted by Crippen LogP contribution is 2.27. The molecule has 31 heavy (non-hydrogen) atoms. The average Bonchev–Trinajstić information content (AvgIpc) is 3.38. The van der Waals surface area contributed by atoms with Crippen molar-refractivity contribution >= 4 is 23.2 Å². The minimum atomic E-state index is -0.570. The standard InChI is InChI=1S/C22H20F2N4O3/c1-13-4-5-14(11-16(13)23)22-26-20(31-27-22)9-8-19(29)25-15-6-7-18(17(24)12-15)28-10-2-3-21(28)30/h4-7,11-12H,2-3,8-10H2,1H3,(H,25,29). The molecule has 0 atom stereocenters. The van der Waals surface area contributed by atoms with E-state index >= 15 is 0 Å². The van der Waals surface area contributed by atoms with E-state index in [0.717, 1.165) is 0 Å². The van der Waals surface area contributed by atoms with Crippen molar-refractivity contribution in [3.05, 3.63) is 59.5 Å². The number of aryl methyl sites for hydroxylation is 2. The largest absolute Gasteiger partial charge is 0.339 e. The summed E-state index contributed by atoms with van der Waals surface area (Å²) in [6.07, 6.45) is 1.33. The summed E-state index contributed by atoms with van der Waals surface area (Å²) in [5.41, 5.74) is 1.50. The van der Waals surface area contributed by atoms with Crippen molar-refractivity contribution in [2.75, 3.05) is 16.8 Å². The Kier molecular flexibility index (Phi) is 5.75.